The molecule has 45 heavy (non-hydrogen) atoms. The number of rotatable bonds is 7. The molecular weight excluding hydrogens is 566 g/mol. The molecule has 0 unspecified atom stereocenters. The Labute approximate surface area is 259 Å². The molecule has 6 aromatic rings. The number of aromatic carboxylic acids is 1. The van der Waals surface area contributed by atoms with Crippen LogP contribution in [0.15, 0.2) is 83.9 Å². The minimum Gasteiger partial charge on any atom is -0.476 e. The van der Waals surface area contributed by atoms with E-state index in [4.69, 9.17) is 15.1 Å². The molecule has 10 heteroatoms. The molecule has 226 valence electrons. The molecule has 0 atom stereocenters. The number of nitrogens with zero attached hydrogens (tertiary/aromatic N) is 7. The number of carbonyl (C=O) groups is 1. The molecule has 1 aliphatic rings. The average Bonchev–Trinajstić information content (AvgIpc) is 3.30. The van der Waals surface area contributed by atoms with Gasteiger partial charge in [-0.2, -0.15) is 0 Å². The molecule has 1 aliphatic heterocycles. The summed E-state index contributed by atoms with van der Waals surface area (Å²) in [6.07, 6.45) is 7.95. The first-order valence-electron chi connectivity index (χ1n) is 15.2. The van der Waals surface area contributed by atoms with Gasteiger partial charge in [-0.1, -0.05) is 24.3 Å². The average molecular weight is 600 g/mol. The van der Waals surface area contributed by atoms with Gasteiger partial charge in [0.2, 0.25) is 0 Å². The predicted molar refractivity (Wildman–Crippen MR) is 174 cm³/mol. The molecule has 0 saturated carbocycles. The Balaban J connectivity index is 1.01. The molecule has 0 spiro atoms. The van der Waals surface area contributed by atoms with Crippen LogP contribution >= 0.6 is 0 Å². The van der Waals surface area contributed by atoms with Crippen molar-refractivity contribution >= 4 is 33.6 Å². The maximum Gasteiger partial charge on any atom is 0.356 e. The van der Waals surface area contributed by atoms with Crippen LogP contribution in [0.25, 0.3) is 44.2 Å². The van der Waals surface area contributed by atoms with Crippen LogP contribution < -0.4 is 10.6 Å². The number of benzene rings is 2. The third-order valence-corrected chi connectivity index (χ3v) is 9.09. The van der Waals surface area contributed by atoms with Crippen molar-refractivity contribution in [3.05, 3.63) is 101 Å². The molecule has 1 fully saturated rings. The van der Waals surface area contributed by atoms with Gasteiger partial charge < -0.3 is 10.0 Å². The molecular formula is C35H33N7O3. The molecule has 1 saturated heterocycles. The van der Waals surface area contributed by atoms with Crippen LogP contribution in [0.2, 0.25) is 0 Å². The minimum atomic E-state index is -1.06. The molecule has 0 aliphatic carbocycles. The summed E-state index contributed by atoms with van der Waals surface area (Å²) < 4.78 is 3.35. The lowest BCUT2D eigenvalue weighted by Crippen LogP contribution is -2.34. The number of carboxylic acid groups (broad SMARTS) is 1. The van der Waals surface area contributed by atoms with Crippen molar-refractivity contribution in [2.24, 2.45) is 20.0 Å². The second kappa shape index (κ2) is 11.6. The lowest BCUT2D eigenvalue weighted by Gasteiger charge is -2.32. The first-order chi connectivity index (χ1) is 21.9. The van der Waals surface area contributed by atoms with Gasteiger partial charge in [0.15, 0.2) is 11.5 Å². The second-order valence-electron chi connectivity index (χ2n) is 11.8. The third-order valence-electron chi connectivity index (χ3n) is 9.09. The second-order valence-corrected chi connectivity index (χ2v) is 11.8. The van der Waals surface area contributed by atoms with E-state index in [0.717, 1.165) is 94.5 Å². The quantitative estimate of drug-likeness (QED) is 0.256. The van der Waals surface area contributed by atoms with E-state index in [1.165, 1.54) is 6.07 Å². The summed E-state index contributed by atoms with van der Waals surface area (Å²) in [5.41, 5.74) is 6.79. The third kappa shape index (κ3) is 5.43. The van der Waals surface area contributed by atoms with Crippen LogP contribution in [0, 0.1) is 5.92 Å². The Bertz CT molecular complexity index is 2090. The van der Waals surface area contributed by atoms with Gasteiger partial charge in [0, 0.05) is 56.2 Å². The van der Waals surface area contributed by atoms with Gasteiger partial charge in [0.1, 0.15) is 0 Å². The monoisotopic (exact) mass is 599 g/mol. The summed E-state index contributed by atoms with van der Waals surface area (Å²) in [7, 11) is 3.60. The van der Waals surface area contributed by atoms with Crippen LogP contribution in [0.1, 0.15) is 35.4 Å². The topological polar surface area (TPSA) is 119 Å². The van der Waals surface area contributed by atoms with Gasteiger partial charge in [-0.25, -0.2) is 9.59 Å². The number of aromatic nitrogens is 6. The number of hydrogen-bond acceptors (Lipinski definition) is 7. The smallest absolute Gasteiger partial charge is 0.356 e. The maximum atomic E-state index is 12.4. The van der Waals surface area contributed by atoms with Crippen molar-refractivity contribution in [2.75, 3.05) is 18.0 Å². The van der Waals surface area contributed by atoms with Gasteiger partial charge in [-0.3, -0.25) is 19.1 Å². The lowest BCUT2D eigenvalue weighted by atomic mass is 9.91. The molecule has 4 aromatic heterocycles. The number of carboxylic acids is 1. The van der Waals surface area contributed by atoms with Crippen molar-refractivity contribution < 1.29 is 9.90 Å². The van der Waals surface area contributed by atoms with E-state index in [0.29, 0.717) is 5.92 Å². The predicted octanol–water partition coefficient (Wildman–Crippen LogP) is 5.49. The number of imidazole rings is 1. The van der Waals surface area contributed by atoms with Crippen molar-refractivity contribution in [2.45, 2.75) is 25.7 Å². The lowest BCUT2D eigenvalue weighted by molar-refractivity contribution is 0.0689. The number of aryl methyl sites for hydroxylation is 3. The zero-order valence-electron chi connectivity index (χ0n) is 25.2. The highest BCUT2D eigenvalue weighted by Gasteiger charge is 2.21. The Kier molecular flexibility index (Phi) is 7.32. The fourth-order valence-electron chi connectivity index (χ4n) is 6.39. The zero-order valence-corrected chi connectivity index (χ0v) is 25.2. The van der Waals surface area contributed by atoms with Gasteiger partial charge >= 0.3 is 11.7 Å². The van der Waals surface area contributed by atoms with Gasteiger partial charge in [0.05, 0.1) is 16.7 Å². The highest BCUT2D eigenvalue weighted by atomic mass is 16.4. The summed E-state index contributed by atoms with van der Waals surface area (Å²) in [5, 5.41) is 19.1. The number of fused-ring (bicyclic) bond motifs is 2. The van der Waals surface area contributed by atoms with E-state index in [9.17, 15) is 9.59 Å². The molecule has 7 rings (SSSR count). The van der Waals surface area contributed by atoms with Crippen molar-refractivity contribution in [3.63, 3.8) is 0 Å². The van der Waals surface area contributed by atoms with Crippen molar-refractivity contribution in [3.8, 4) is 22.4 Å². The van der Waals surface area contributed by atoms with Crippen molar-refractivity contribution in [1.82, 2.24) is 29.3 Å². The van der Waals surface area contributed by atoms with E-state index in [2.05, 4.69) is 63.6 Å². The van der Waals surface area contributed by atoms with Crippen LogP contribution in [-0.2, 0) is 20.5 Å². The van der Waals surface area contributed by atoms with E-state index >= 15 is 0 Å². The summed E-state index contributed by atoms with van der Waals surface area (Å²) in [5.74, 6) is 0.277. The molecule has 2 aromatic carbocycles. The molecule has 0 radical (unpaired) electrons. The highest BCUT2D eigenvalue weighted by Crippen LogP contribution is 2.32. The first-order valence-corrected chi connectivity index (χ1v) is 15.2. The molecule has 0 amide bonds. The van der Waals surface area contributed by atoms with Crippen LogP contribution in [-0.4, -0.2) is 53.5 Å². The van der Waals surface area contributed by atoms with E-state index in [1.807, 2.05) is 18.5 Å². The summed E-state index contributed by atoms with van der Waals surface area (Å²) >= 11 is 0. The molecule has 0 bridgehead atoms. The summed E-state index contributed by atoms with van der Waals surface area (Å²) in [4.78, 5) is 35.2. The first kappa shape index (κ1) is 28.4. The normalized spacial score (nSPS) is 14.0. The van der Waals surface area contributed by atoms with E-state index in [-0.39, 0.29) is 11.4 Å². The number of hydrogen-bond donors (Lipinski definition) is 1. The van der Waals surface area contributed by atoms with Gasteiger partial charge in [-0.15, -0.1) is 10.2 Å². The molecule has 1 N–H and O–H groups in total. The Morgan fingerprint density at radius 1 is 0.867 bits per heavy atom. The van der Waals surface area contributed by atoms with Gasteiger partial charge in [-0.05, 0) is 90.6 Å². The largest absolute Gasteiger partial charge is 0.476 e. The maximum absolute atomic E-state index is 12.4. The van der Waals surface area contributed by atoms with Gasteiger partial charge in [0.25, 0.3) is 0 Å². The number of anilines is 1. The highest BCUT2D eigenvalue weighted by molar-refractivity contribution is 5.99. The zero-order chi connectivity index (χ0) is 31.1. The fraction of sp³-hybridized carbons (Fsp3) is 0.257. The SMILES string of the molecule is Cn1c(=O)n(C)c2cc(-c3cccc4cc(-c5ccc(CCC6CCN(c7ccc(C(=O)O)nn7)CC6)nc5)ncc34)ccc21. The summed E-state index contributed by atoms with van der Waals surface area (Å²) in [6.45, 7) is 1.77. The van der Waals surface area contributed by atoms with Crippen LogP contribution in [0.3, 0.4) is 0 Å². The van der Waals surface area contributed by atoms with E-state index in [1.54, 1.807) is 29.3 Å². The Morgan fingerprint density at radius 3 is 2.40 bits per heavy atom. The van der Waals surface area contributed by atoms with Crippen molar-refractivity contribution in [1.29, 1.82) is 0 Å². The number of pyridine rings is 2. The Hall–Kier alpha value is -5.38. The minimum absolute atomic E-state index is 0.0360. The Morgan fingerprint density at radius 2 is 1.67 bits per heavy atom. The standard InChI is InChI=1S/C35H33N7O3/c1-40-31-12-8-24(19-32(31)41(2)35(40)45)27-5-3-4-23-18-30(37-21-28(23)27)25-7-10-26(36-20-25)9-6-22-14-16-42(17-15-22)33-13-11-29(34(43)44)38-39-33/h3-5,7-8,10-13,18-22H,6,9,14-17H2,1-2H3,(H,43,44). The van der Waals surface area contributed by atoms with Crippen LogP contribution in [0.4, 0.5) is 5.82 Å². The molecule has 5 heterocycles. The van der Waals surface area contributed by atoms with Crippen LogP contribution in [0.5, 0.6) is 0 Å². The fourth-order valence-corrected chi connectivity index (χ4v) is 6.39. The summed E-state index contributed by atoms with van der Waals surface area (Å²) in [6, 6.07) is 22.0. The van der Waals surface area contributed by atoms with E-state index < -0.39 is 5.97 Å². The number of piperidine rings is 1. The molecule has 10 nitrogen and oxygen atoms in total.